The van der Waals surface area contributed by atoms with Gasteiger partial charge in [-0.3, -0.25) is 29.4 Å². The molecular formula is C36H48GdN7O18. The second-order valence-electron chi connectivity index (χ2n) is 13.4. The number of amides is 3. The number of rotatable bonds is 27. The molecule has 343 valence electrons. The van der Waals surface area contributed by atoms with Crippen LogP contribution in [0.25, 0.3) is 0 Å². The summed E-state index contributed by atoms with van der Waals surface area (Å²) in [6.07, 6.45) is -11.4. The number of aliphatic imine (C=N–C) groups is 3. The second-order valence-corrected chi connectivity index (χ2v) is 13.4. The molecule has 0 aromatic heterocycles. The van der Waals surface area contributed by atoms with Crippen LogP contribution in [-0.4, -0.2) is 168 Å². The number of carbonyl (C=O) groups excluding carboxylic acids is 6. The summed E-state index contributed by atoms with van der Waals surface area (Å²) in [5, 5.41) is 102. The van der Waals surface area contributed by atoms with Crippen molar-refractivity contribution in [3.63, 3.8) is 0 Å². The number of hydrogen-bond acceptors (Lipinski definition) is 22. The minimum atomic E-state index is -2.07. The Labute approximate surface area is 385 Å². The van der Waals surface area contributed by atoms with Crippen molar-refractivity contribution >= 4 is 54.3 Å². The Kier molecular flexibility index (Phi) is 23.8. The molecule has 62 heavy (non-hydrogen) atoms. The van der Waals surface area contributed by atoms with E-state index < -0.39 is 126 Å². The van der Waals surface area contributed by atoms with Gasteiger partial charge in [0, 0.05) is 57.7 Å². The van der Waals surface area contributed by atoms with E-state index >= 15 is 0 Å². The van der Waals surface area contributed by atoms with Crippen molar-refractivity contribution in [3.8, 4) is 0 Å². The van der Waals surface area contributed by atoms with Gasteiger partial charge in [-0.1, -0.05) is 0 Å². The van der Waals surface area contributed by atoms with Gasteiger partial charge in [0.05, 0.1) is 93.0 Å². The minimum absolute atomic E-state index is 0. The molecule has 3 amide bonds. The van der Waals surface area contributed by atoms with Crippen molar-refractivity contribution in [1.82, 2.24) is 20.9 Å². The third-order valence-electron chi connectivity index (χ3n) is 9.28. The molecule has 26 heteroatoms. The fourth-order valence-electron chi connectivity index (χ4n) is 6.38. The molecule has 3 aliphatic rings. The number of aliphatic hydroxyl groups is 6. The smallest absolute Gasteiger partial charge is 0.530 e. The summed E-state index contributed by atoms with van der Waals surface area (Å²) < 4.78 is 15.5. The average molecular weight is 1020 g/mol. The van der Waals surface area contributed by atoms with Gasteiger partial charge in [-0.2, -0.15) is 0 Å². The molecule has 0 saturated heterocycles. The SMILES string of the molecule is O=C([O-])NC(CC1=C(O)C(=O)C(CCOCCO)C=N1)N(C(CC1=C(O)C(=O)C(CCOCCO)C=N1)NC(=O)[O-])C(CC1=C(O)C(=O)C(CCOCCO)C=N1)NC(=O)[O-].[Gd+3]. The molecule has 3 aliphatic heterocycles. The molecule has 25 nitrogen and oxygen atoms in total. The minimum Gasteiger partial charge on any atom is -0.530 e. The Morgan fingerprint density at radius 3 is 1.03 bits per heavy atom. The number of carboxylic acid groups (broad SMARTS) is 3. The quantitative estimate of drug-likeness (QED) is 0.0277. The van der Waals surface area contributed by atoms with E-state index in [9.17, 15) is 59.4 Å². The largest absolute Gasteiger partial charge is 3.00 e. The Balaban J connectivity index is 0.0000132. The van der Waals surface area contributed by atoms with E-state index in [2.05, 4.69) is 15.0 Å². The number of aliphatic hydroxyl groups excluding tert-OH is 6. The van der Waals surface area contributed by atoms with Gasteiger partial charge in [-0.05, 0) is 19.3 Å². The fourth-order valence-corrected chi connectivity index (χ4v) is 6.38. The maximum absolute atomic E-state index is 13.2. The zero-order valence-corrected chi connectivity index (χ0v) is 35.3. The van der Waals surface area contributed by atoms with E-state index in [0.29, 0.717) is 0 Å². The number of nitrogens with zero attached hydrogens (tertiary/aromatic N) is 4. The normalized spacial score (nSPS) is 20.3. The molecule has 0 saturated carbocycles. The molecule has 0 aliphatic carbocycles. The molecular weight excluding hydrogens is 976 g/mol. The molecule has 1 radical (unpaired) electrons. The van der Waals surface area contributed by atoms with Crippen LogP contribution in [0.2, 0.25) is 0 Å². The van der Waals surface area contributed by atoms with E-state index in [1.165, 1.54) is 0 Å². The van der Waals surface area contributed by atoms with E-state index in [-0.39, 0.29) is 119 Å². The molecule has 0 fully saturated rings. The number of allylic oxidation sites excluding steroid dienone is 3. The summed E-state index contributed by atoms with van der Waals surface area (Å²) in [7, 11) is 0. The summed E-state index contributed by atoms with van der Waals surface area (Å²) in [4.78, 5) is 89.3. The molecule has 0 aromatic rings. The molecule has 3 rings (SSSR count). The number of hydrogen-bond donors (Lipinski definition) is 9. The number of ether oxygens (including phenoxy) is 3. The van der Waals surface area contributed by atoms with Crippen LogP contribution in [-0.2, 0) is 28.6 Å². The Hall–Kier alpha value is -4.51. The van der Waals surface area contributed by atoms with Gasteiger partial charge < -0.3 is 90.5 Å². The van der Waals surface area contributed by atoms with Crippen LogP contribution in [0.3, 0.4) is 0 Å². The van der Waals surface area contributed by atoms with Gasteiger partial charge in [-0.25, -0.2) is 4.90 Å². The van der Waals surface area contributed by atoms with Crippen molar-refractivity contribution in [2.45, 2.75) is 57.0 Å². The number of Topliss-reactive ketones (excluding diaryl/α,β-unsaturated/α-hetero) is 3. The van der Waals surface area contributed by atoms with Gasteiger partial charge >= 0.3 is 39.9 Å². The first-order valence-electron chi connectivity index (χ1n) is 18.9. The Morgan fingerprint density at radius 1 is 0.548 bits per heavy atom. The summed E-state index contributed by atoms with van der Waals surface area (Å²) >= 11 is 0. The van der Waals surface area contributed by atoms with Crippen LogP contribution in [0.4, 0.5) is 14.4 Å². The molecule has 0 aromatic carbocycles. The number of carbonyl (C=O) groups is 6. The number of nitrogens with one attached hydrogen (secondary N) is 3. The van der Waals surface area contributed by atoms with Gasteiger partial charge in [0.1, 0.15) is 18.3 Å². The van der Waals surface area contributed by atoms with Crippen molar-refractivity contribution in [2.24, 2.45) is 32.7 Å². The predicted octanol–water partition coefficient (Wildman–Crippen LogP) is -4.45. The zero-order valence-electron chi connectivity index (χ0n) is 33.0. The van der Waals surface area contributed by atoms with Crippen molar-refractivity contribution < 1.29 is 129 Å². The van der Waals surface area contributed by atoms with Crippen LogP contribution in [0.5, 0.6) is 0 Å². The first-order valence-corrected chi connectivity index (χ1v) is 18.9. The van der Waals surface area contributed by atoms with Crippen molar-refractivity contribution in [3.05, 3.63) is 34.4 Å². The monoisotopic (exact) mass is 1020 g/mol. The van der Waals surface area contributed by atoms with E-state index in [1.54, 1.807) is 0 Å². The molecule has 6 unspecified atom stereocenters. The van der Waals surface area contributed by atoms with Crippen LogP contribution < -0.4 is 31.3 Å². The van der Waals surface area contributed by atoms with Crippen LogP contribution >= 0.6 is 0 Å². The topological polar surface area (TPSA) is 397 Å². The Morgan fingerprint density at radius 2 is 0.806 bits per heavy atom. The fraction of sp³-hybridized carbons (Fsp3) is 0.583. The molecule has 9 N–H and O–H groups in total. The van der Waals surface area contributed by atoms with Gasteiger partial charge in [-0.15, -0.1) is 0 Å². The average Bonchev–Trinajstić information content (AvgIpc) is 3.20. The first-order chi connectivity index (χ1) is 29.1. The van der Waals surface area contributed by atoms with Crippen molar-refractivity contribution in [2.75, 3.05) is 59.5 Å². The third-order valence-corrected chi connectivity index (χ3v) is 9.28. The molecule has 6 atom stereocenters. The van der Waals surface area contributed by atoms with Crippen molar-refractivity contribution in [1.29, 1.82) is 0 Å². The second kappa shape index (κ2) is 27.5. The van der Waals surface area contributed by atoms with E-state index in [1.807, 2.05) is 16.0 Å². The van der Waals surface area contributed by atoms with Gasteiger partial charge in [0.25, 0.3) is 0 Å². The molecule has 0 bridgehead atoms. The third kappa shape index (κ3) is 16.3. The maximum atomic E-state index is 13.2. The van der Waals surface area contributed by atoms with Crippen LogP contribution in [0.15, 0.2) is 49.3 Å². The number of ketones is 3. The zero-order chi connectivity index (χ0) is 45.1. The summed E-state index contributed by atoms with van der Waals surface area (Å²) in [6, 6.07) is 0. The van der Waals surface area contributed by atoms with Gasteiger partial charge in [0.15, 0.2) is 17.3 Å². The van der Waals surface area contributed by atoms with E-state index in [4.69, 9.17) is 29.5 Å². The maximum Gasteiger partial charge on any atom is 3.00 e. The first kappa shape index (κ1) is 53.6. The molecule has 0 spiro atoms. The standard InChI is InChI=1S/C36H51N7O18.Gd/c44-4-10-59-7-1-19-16-37-22(31(50)28(19)47)13-25(40-34(53)54)43(26(41-35(55)56)14-23-32(51)29(48)20(17-38-23)2-8-60-11-5-45)27(42-36(57)58)15-24-33(52)30(49)21(18-39-24)3-9-61-12-6-46;/h16-21,25-27,40-42,44-46,50-52H,1-15H2,(H,53,54)(H,55,56)(H,57,58);/q;+3/p-3. The predicted molar refractivity (Wildman–Crippen MR) is 200 cm³/mol. The summed E-state index contributed by atoms with van der Waals surface area (Å²) in [5.74, 6) is -8.70. The van der Waals surface area contributed by atoms with Gasteiger partial charge in [0.2, 0.25) is 17.3 Å². The van der Waals surface area contributed by atoms with Crippen LogP contribution in [0, 0.1) is 57.7 Å². The Bertz CT molecular complexity index is 1590. The van der Waals surface area contributed by atoms with E-state index in [0.717, 1.165) is 23.5 Å². The molecule has 3 heterocycles. The van der Waals surface area contributed by atoms with Crippen LogP contribution in [0.1, 0.15) is 38.5 Å². The summed E-state index contributed by atoms with van der Waals surface area (Å²) in [5.41, 5.74) is -1.50. The summed E-state index contributed by atoms with van der Waals surface area (Å²) in [6.45, 7) is -1.09.